The molecule has 1 saturated carbocycles. The van der Waals surface area contributed by atoms with Crippen molar-refractivity contribution in [1.29, 1.82) is 0 Å². The number of ether oxygens (including phenoxy) is 3. The van der Waals surface area contributed by atoms with E-state index < -0.39 is 22.4 Å². The van der Waals surface area contributed by atoms with Crippen LogP contribution in [0.5, 0.6) is 11.5 Å². The molecule has 35 heavy (non-hydrogen) atoms. The van der Waals surface area contributed by atoms with Crippen LogP contribution in [0.1, 0.15) is 17.5 Å². The zero-order valence-electron chi connectivity index (χ0n) is 20.1. The third-order valence-corrected chi connectivity index (χ3v) is 8.50. The van der Waals surface area contributed by atoms with Crippen LogP contribution in [-0.2, 0) is 14.9 Å². The van der Waals surface area contributed by atoms with Crippen molar-refractivity contribution in [3.8, 4) is 11.5 Å². The van der Waals surface area contributed by atoms with Crippen molar-refractivity contribution in [2.75, 3.05) is 38.0 Å². The molecule has 2 unspecified atom stereocenters. The van der Waals surface area contributed by atoms with Crippen molar-refractivity contribution < 1.29 is 27.4 Å². The molecular weight excluding hydrogens is 470 g/mol. The lowest BCUT2D eigenvalue weighted by atomic mass is 10.1. The number of amides is 1. The molecule has 0 spiro atoms. The average Bonchev–Trinajstić information content (AvgIpc) is 3.22. The molecule has 0 bridgehead atoms. The lowest BCUT2D eigenvalue weighted by Crippen LogP contribution is -2.35. The summed E-state index contributed by atoms with van der Waals surface area (Å²) in [6.07, 6.45) is -0.104. The van der Waals surface area contributed by atoms with Crippen LogP contribution in [-0.4, -0.2) is 69.2 Å². The number of fused-ring (bicyclic) bond motifs is 1. The van der Waals surface area contributed by atoms with E-state index in [0.717, 1.165) is 17.5 Å². The van der Waals surface area contributed by atoms with Crippen LogP contribution in [0.15, 0.2) is 42.5 Å². The molecule has 0 radical (unpaired) electrons. The molecule has 4 atom stereocenters. The van der Waals surface area contributed by atoms with E-state index in [-0.39, 0.29) is 12.6 Å². The fourth-order valence-corrected chi connectivity index (χ4v) is 6.25. The van der Waals surface area contributed by atoms with Gasteiger partial charge in [0.2, 0.25) is 0 Å². The van der Waals surface area contributed by atoms with Crippen LogP contribution in [0.2, 0.25) is 0 Å². The molecule has 3 aliphatic rings. The van der Waals surface area contributed by atoms with Crippen LogP contribution in [0.4, 0.5) is 10.5 Å². The molecule has 10 heteroatoms. The number of para-hydroxylation sites is 1. The smallest absolute Gasteiger partial charge is 0.415 e. The minimum atomic E-state index is -3.60. The van der Waals surface area contributed by atoms with Gasteiger partial charge in [-0.3, -0.25) is 4.72 Å². The third-order valence-electron chi connectivity index (χ3n) is 7.03. The molecule has 5 rings (SSSR count). The third kappa shape index (κ3) is 5.10. The first-order valence-electron chi connectivity index (χ1n) is 11.8. The summed E-state index contributed by atoms with van der Waals surface area (Å²) in [6, 6.07) is 12.6. The number of likely N-dealkylation sites (tertiary alicyclic amines) is 1. The van der Waals surface area contributed by atoms with E-state index in [0.29, 0.717) is 48.7 Å². The highest BCUT2D eigenvalue weighted by atomic mass is 32.2. The number of hydrogen-bond donors (Lipinski definition) is 1. The first kappa shape index (κ1) is 23.9. The molecule has 3 fully saturated rings. The molecule has 2 aromatic rings. The number of carbonyl (C=O) groups excluding carboxylic acids is 1. The minimum Gasteiger partial charge on any atom is -0.486 e. The van der Waals surface area contributed by atoms with Gasteiger partial charge >= 0.3 is 16.3 Å². The lowest BCUT2D eigenvalue weighted by molar-refractivity contribution is 0.0341. The fraction of sp³-hybridized carbons (Fsp3) is 0.480. The van der Waals surface area contributed by atoms with Gasteiger partial charge in [0.15, 0.2) is 0 Å². The number of nitrogens with one attached hydrogen (secondary N) is 1. The van der Waals surface area contributed by atoms with Gasteiger partial charge in [-0.2, -0.15) is 12.7 Å². The molecule has 0 aromatic heterocycles. The highest BCUT2D eigenvalue weighted by Crippen LogP contribution is 2.45. The zero-order valence-corrected chi connectivity index (χ0v) is 21.0. The monoisotopic (exact) mass is 501 g/mol. The van der Waals surface area contributed by atoms with Crippen molar-refractivity contribution in [2.45, 2.75) is 32.5 Å². The summed E-state index contributed by atoms with van der Waals surface area (Å²) in [5.74, 6) is 2.08. The van der Waals surface area contributed by atoms with Gasteiger partial charge in [-0.25, -0.2) is 4.79 Å². The van der Waals surface area contributed by atoms with Gasteiger partial charge in [-0.1, -0.05) is 24.3 Å². The van der Waals surface area contributed by atoms with Gasteiger partial charge < -0.3 is 19.1 Å². The highest BCUT2D eigenvalue weighted by Gasteiger charge is 2.48. The standard InChI is InChI=1S/C25H31N3O6S/c1-16-6-4-7-17(2)24(16)34-25(29)27-14-22(32-3)23(15-27)33-21-9-5-8-20(11-21)26-35(30,31)28-12-18-10-19(18)13-28/h4-9,11,18-19,22-23,26H,10,12-15H2,1-3H3/t18?,19?,22-,23-/m1/s1. The predicted molar refractivity (Wildman–Crippen MR) is 131 cm³/mol. The summed E-state index contributed by atoms with van der Waals surface area (Å²) in [6.45, 7) is 5.58. The normalized spacial score (nSPS) is 25.9. The van der Waals surface area contributed by atoms with Crippen LogP contribution < -0.4 is 14.2 Å². The highest BCUT2D eigenvalue weighted by molar-refractivity contribution is 7.90. The van der Waals surface area contributed by atoms with Crippen LogP contribution in [0.3, 0.4) is 0 Å². The van der Waals surface area contributed by atoms with E-state index in [1.807, 2.05) is 32.0 Å². The van der Waals surface area contributed by atoms with Gasteiger partial charge in [0.25, 0.3) is 0 Å². The van der Waals surface area contributed by atoms with E-state index in [9.17, 15) is 13.2 Å². The maximum Gasteiger partial charge on any atom is 0.415 e. The number of anilines is 1. The average molecular weight is 502 g/mol. The van der Waals surface area contributed by atoms with Crippen LogP contribution in [0.25, 0.3) is 0 Å². The van der Waals surface area contributed by atoms with Gasteiger partial charge in [-0.15, -0.1) is 0 Å². The molecule has 1 amide bonds. The van der Waals surface area contributed by atoms with Crippen molar-refractivity contribution in [2.24, 2.45) is 11.8 Å². The Hall–Kier alpha value is -2.82. The second kappa shape index (κ2) is 9.33. The first-order valence-corrected chi connectivity index (χ1v) is 13.3. The van der Waals surface area contributed by atoms with Crippen LogP contribution >= 0.6 is 0 Å². The Balaban J connectivity index is 1.23. The number of piperidine rings is 1. The lowest BCUT2D eigenvalue weighted by Gasteiger charge is -2.21. The Labute approximate surface area is 206 Å². The number of nitrogens with zero attached hydrogens (tertiary/aromatic N) is 2. The summed E-state index contributed by atoms with van der Waals surface area (Å²) >= 11 is 0. The quantitative estimate of drug-likeness (QED) is 0.626. The second-order valence-corrected chi connectivity index (χ2v) is 11.3. The van der Waals surface area contributed by atoms with Crippen molar-refractivity contribution in [3.63, 3.8) is 0 Å². The molecule has 2 aliphatic heterocycles. The number of rotatable bonds is 7. The molecule has 2 aromatic carbocycles. The zero-order chi connectivity index (χ0) is 24.7. The van der Waals surface area contributed by atoms with Gasteiger partial charge in [0.05, 0.1) is 18.8 Å². The Bertz CT molecular complexity index is 1190. The summed E-state index contributed by atoms with van der Waals surface area (Å²) in [4.78, 5) is 14.4. The Morgan fingerprint density at radius 2 is 1.63 bits per heavy atom. The first-order chi connectivity index (χ1) is 16.7. The molecular formula is C25H31N3O6S. The number of hydrogen-bond acceptors (Lipinski definition) is 6. The molecule has 2 heterocycles. The van der Waals surface area contributed by atoms with E-state index in [1.54, 1.807) is 36.3 Å². The van der Waals surface area contributed by atoms with Crippen LogP contribution in [0, 0.1) is 25.7 Å². The van der Waals surface area contributed by atoms with Gasteiger partial charge in [0, 0.05) is 26.3 Å². The number of aryl methyl sites for hydroxylation is 2. The van der Waals surface area contributed by atoms with E-state index >= 15 is 0 Å². The fourth-order valence-electron chi connectivity index (χ4n) is 4.92. The molecule has 2 saturated heterocycles. The number of carbonyl (C=O) groups is 1. The predicted octanol–water partition coefficient (Wildman–Crippen LogP) is 3.19. The summed E-state index contributed by atoms with van der Waals surface area (Å²) in [5.41, 5.74) is 2.21. The molecule has 1 aliphatic carbocycles. The van der Waals surface area contributed by atoms with E-state index in [4.69, 9.17) is 14.2 Å². The summed E-state index contributed by atoms with van der Waals surface area (Å²) < 4.78 is 47.0. The topological polar surface area (TPSA) is 97.4 Å². The minimum absolute atomic E-state index is 0.286. The maximum atomic E-state index is 12.9. The molecule has 9 nitrogen and oxygen atoms in total. The summed E-state index contributed by atoms with van der Waals surface area (Å²) in [5, 5.41) is 0. The molecule has 1 N–H and O–H groups in total. The number of benzene rings is 2. The van der Waals surface area contributed by atoms with Gasteiger partial charge in [-0.05, 0) is 55.4 Å². The van der Waals surface area contributed by atoms with Crippen molar-refractivity contribution in [3.05, 3.63) is 53.6 Å². The maximum absolute atomic E-state index is 12.9. The number of methoxy groups -OCH3 is 1. The Morgan fingerprint density at radius 3 is 2.31 bits per heavy atom. The SMILES string of the molecule is CO[C@@H]1CN(C(=O)Oc2c(C)cccc2C)C[C@H]1Oc1cccc(NS(=O)(=O)N2CC3CC3C2)c1. The van der Waals surface area contributed by atoms with Crippen molar-refractivity contribution >= 4 is 22.0 Å². The largest absolute Gasteiger partial charge is 0.486 e. The van der Waals surface area contributed by atoms with E-state index in [1.165, 1.54) is 4.31 Å². The Kier molecular flexibility index (Phi) is 6.37. The van der Waals surface area contributed by atoms with E-state index in [2.05, 4.69) is 4.72 Å². The summed E-state index contributed by atoms with van der Waals surface area (Å²) in [7, 11) is -2.02. The molecule has 188 valence electrons. The van der Waals surface area contributed by atoms with Crippen molar-refractivity contribution in [1.82, 2.24) is 9.21 Å². The second-order valence-electron chi connectivity index (χ2n) is 9.63. The Morgan fingerprint density at radius 1 is 0.971 bits per heavy atom. The van der Waals surface area contributed by atoms with Gasteiger partial charge in [0.1, 0.15) is 23.7 Å².